The first-order valence-electron chi connectivity index (χ1n) is 4.85. The number of hydrogen-bond donors (Lipinski definition) is 1. The molecule has 0 bridgehead atoms. The Morgan fingerprint density at radius 3 is 2.75 bits per heavy atom. The molecule has 0 saturated heterocycles. The monoisotopic (exact) mass is 233 g/mol. The minimum Gasteiger partial charge on any atom is -0.507 e. The van der Waals surface area contributed by atoms with E-state index in [1.807, 2.05) is 24.3 Å². The number of rotatable bonds is 1. The van der Waals surface area contributed by atoms with Crippen molar-refractivity contribution in [2.24, 2.45) is 0 Å². The lowest BCUT2D eigenvalue weighted by Gasteiger charge is -1.99. The van der Waals surface area contributed by atoms with Gasteiger partial charge in [-0.1, -0.05) is 24.3 Å². The molecule has 1 aromatic heterocycles. The van der Waals surface area contributed by atoms with E-state index >= 15 is 0 Å². The van der Waals surface area contributed by atoms with Crippen LogP contribution >= 0.6 is 11.6 Å². The number of aromatic nitrogens is 1. The van der Waals surface area contributed by atoms with E-state index in [0.29, 0.717) is 17.0 Å². The van der Waals surface area contributed by atoms with Crippen LogP contribution in [-0.2, 0) is 5.88 Å². The van der Waals surface area contributed by atoms with E-state index in [9.17, 15) is 5.11 Å². The van der Waals surface area contributed by atoms with Gasteiger partial charge in [0.05, 0.1) is 5.88 Å². The van der Waals surface area contributed by atoms with Crippen molar-refractivity contribution < 1.29 is 9.52 Å². The van der Waals surface area contributed by atoms with E-state index in [1.165, 1.54) is 0 Å². The Morgan fingerprint density at radius 2 is 2.00 bits per heavy atom. The van der Waals surface area contributed by atoms with Gasteiger partial charge < -0.3 is 9.52 Å². The third kappa shape index (κ3) is 1.25. The SMILES string of the molecule is Oc1cc2nc(CCl)oc2c2ccccc12. The molecule has 3 rings (SSSR count). The smallest absolute Gasteiger partial charge is 0.210 e. The van der Waals surface area contributed by atoms with Crippen LogP contribution in [0.3, 0.4) is 0 Å². The average molecular weight is 234 g/mol. The molecule has 0 aliphatic heterocycles. The summed E-state index contributed by atoms with van der Waals surface area (Å²) in [5.74, 6) is 0.897. The first-order valence-corrected chi connectivity index (χ1v) is 5.39. The lowest BCUT2D eigenvalue weighted by molar-refractivity contribution is 0.482. The van der Waals surface area contributed by atoms with Crippen LogP contribution in [0.5, 0.6) is 5.75 Å². The second-order valence-corrected chi connectivity index (χ2v) is 3.80. The van der Waals surface area contributed by atoms with Crippen molar-refractivity contribution in [2.75, 3.05) is 0 Å². The summed E-state index contributed by atoms with van der Waals surface area (Å²) in [6.45, 7) is 0. The molecule has 0 aliphatic carbocycles. The van der Waals surface area contributed by atoms with Gasteiger partial charge in [0.25, 0.3) is 0 Å². The molecule has 4 heteroatoms. The number of hydrogen-bond acceptors (Lipinski definition) is 3. The highest BCUT2D eigenvalue weighted by atomic mass is 35.5. The minimum absolute atomic E-state index is 0.206. The molecular formula is C12H8ClNO2. The summed E-state index contributed by atoms with van der Waals surface area (Å²) < 4.78 is 5.53. The van der Waals surface area contributed by atoms with Crippen LogP contribution in [0.2, 0.25) is 0 Å². The maximum absolute atomic E-state index is 9.84. The number of phenols is 1. The molecule has 2 aromatic carbocycles. The number of phenolic OH excluding ortho intramolecular Hbond substituents is 1. The molecule has 1 N–H and O–H groups in total. The third-order valence-corrected chi connectivity index (χ3v) is 2.76. The van der Waals surface area contributed by atoms with Crippen LogP contribution in [-0.4, -0.2) is 10.1 Å². The summed E-state index contributed by atoms with van der Waals surface area (Å²) in [6, 6.07) is 9.08. The second-order valence-electron chi connectivity index (χ2n) is 3.53. The van der Waals surface area contributed by atoms with Crippen molar-refractivity contribution in [2.45, 2.75) is 5.88 Å². The van der Waals surface area contributed by atoms with Crippen molar-refractivity contribution in [3.05, 3.63) is 36.2 Å². The Hall–Kier alpha value is -1.74. The fourth-order valence-corrected chi connectivity index (χ4v) is 1.95. The van der Waals surface area contributed by atoms with Gasteiger partial charge in [-0.15, -0.1) is 11.6 Å². The van der Waals surface area contributed by atoms with Crippen molar-refractivity contribution in [3.63, 3.8) is 0 Å². The van der Waals surface area contributed by atoms with Crippen molar-refractivity contribution >= 4 is 33.5 Å². The van der Waals surface area contributed by atoms with Gasteiger partial charge in [0, 0.05) is 16.8 Å². The fourth-order valence-electron chi connectivity index (χ4n) is 1.84. The first kappa shape index (κ1) is 9.48. The summed E-state index contributed by atoms with van der Waals surface area (Å²) in [5, 5.41) is 11.4. The number of fused-ring (bicyclic) bond motifs is 3. The molecular weight excluding hydrogens is 226 g/mol. The maximum Gasteiger partial charge on any atom is 0.210 e. The largest absolute Gasteiger partial charge is 0.507 e. The predicted octanol–water partition coefficient (Wildman–Crippen LogP) is 3.43. The molecule has 0 spiro atoms. The zero-order valence-electron chi connectivity index (χ0n) is 8.27. The average Bonchev–Trinajstić information content (AvgIpc) is 2.72. The first-order chi connectivity index (χ1) is 7.79. The third-order valence-electron chi connectivity index (χ3n) is 2.53. The van der Waals surface area contributed by atoms with Gasteiger partial charge in [-0.25, -0.2) is 4.98 Å². The van der Waals surface area contributed by atoms with E-state index in [4.69, 9.17) is 16.0 Å². The highest BCUT2D eigenvalue weighted by Gasteiger charge is 2.11. The lowest BCUT2D eigenvalue weighted by Crippen LogP contribution is -1.76. The quantitative estimate of drug-likeness (QED) is 0.655. The molecule has 0 saturated carbocycles. The van der Waals surface area contributed by atoms with Gasteiger partial charge in [0.15, 0.2) is 5.58 Å². The van der Waals surface area contributed by atoms with Crippen LogP contribution in [0.4, 0.5) is 0 Å². The van der Waals surface area contributed by atoms with Crippen LogP contribution in [0, 0.1) is 0 Å². The number of aromatic hydroxyl groups is 1. The summed E-state index contributed by atoms with van der Waals surface area (Å²) in [5.41, 5.74) is 1.30. The summed E-state index contributed by atoms with van der Waals surface area (Å²) >= 11 is 5.67. The predicted molar refractivity (Wildman–Crippen MR) is 62.7 cm³/mol. The van der Waals surface area contributed by atoms with Gasteiger partial charge >= 0.3 is 0 Å². The van der Waals surface area contributed by atoms with Gasteiger partial charge in [0.1, 0.15) is 11.3 Å². The highest BCUT2D eigenvalue weighted by Crippen LogP contribution is 2.32. The number of oxazole rings is 1. The molecule has 0 fully saturated rings. The Balaban J connectivity index is 2.52. The molecule has 80 valence electrons. The van der Waals surface area contributed by atoms with Crippen LogP contribution in [0.25, 0.3) is 21.9 Å². The Morgan fingerprint density at radius 1 is 1.25 bits per heavy atom. The molecule has 0 aliphatic rings. The van der Waals surface area contributed by atoms with Gasteiger partial charge in [-0.3, -0.25) is 0 Å². The molecule has 0 radical (unpaired) electrons. The zero-order valence-corrected chi connectivity index (χ0v) is 9.03. The Kier molecular flexibility index (Phi) is 2.01. The van der Waals surface area contributed by atoms with Crippen molar-refractivity contribution in [3.8, 4) is 5.75 Å². The molecule has 0 unspecified atom stereocenters. The normalized spacial score (nSPS) is 11.3. The Bertz CT molecular complexity index is 675. The van der Waals surface area contributed by atoms with E-state index in [0.717, 1.165) is 10.8 Å². The Labute approximate surface area is 96.3 Å². The topological polar surface area (TPSA) is 46.3 Å². The van der Waals surface area contributed by atoms with Crippen molar-refractivity contribution in [1.82, 2.24) is 4.98 Å². The van der Waals surface area contributed by atoms with Gasteiger partial charge in [-0.05, 0) is 0 Å². The molecule has 0 amide bonds. The fraction of sp³-hybridized carbons (Fsp3) is 0.0833. The summed E-state index contributed by atoms with van der Waals surface area (Å²) in [4.78, 5) is 4.18. The standard InChI is InChI=1S/C12H8ClNO2/c13-6-11-14-9-5-10(15)7-3-1-2-4-8(7)12(9)16-11/h1-5,15H,6H2. The zero-order chi connectivity index (χ0) is 11.1. The van der Waals surface area contributed by atoms with Gasteiger partial charge in [0.2, 0.25) is 5.89 Å². The minimum atomic E-state index is 0.206. The molecule has 3 nitrogen and oxygen atoms in total. The van der Waals surface area contributed by atoms with Crippen molar-refractivity contribution in [1.29, 1.82) is 0 Å². The van der Waals surface area contributed by atoms with E-state index in [2.05, 4.69) is 4.98 Å². The van der Waals surface area contributed by atoms with Crippen LogP contribution < -0.4 is 0 Å². The molecule has 1 heterocycles. The number of alkyl halides is 1. The molecule has 16 heavy (non-hydrogen) atoms. The number of nitrogens with zero attached hydrogens (tertiary/aromatic N) is 1. The number of halogens is 1. The maximum atomic E-state index is 9.84. The van der Waals surface area contributed by atoms with Crippen LogP contribution in [0.1, 0.15) is 5.89 Å². The van der Waals surface area contributed by atoms with Gasteiger partial charge in [-0.2, -0.15) is 0 Å². The van der Waals surface area contributed by atoms with E-state index < -0.39 is 0 Å². The molecule has 3 aromatic rings. The van der Waals surface area contributed by atoms with E-state index in [-0.39, 0.29) is 11.6 Å². The number of benzene rings is 2. The van der Waals surface area contributed by atoms with Crippen LogP contribution in [0.15, 0.2) is 34.7 Å². The second kappa shape index (κ2) is 3.39. The van der Waals surface area contributed by atoms with E-state index in [1.54, 1.807) is 6.07 Å². The summed E-state index contributed by atoms with van der Waals surface area (Å²) in [7, 11) is 0. The molecule has 0 atom stereocenters. The summed E-state index contributed by atoms with van der Waals surface area (Å²) in [6.07, 6.45) is 0. The lowest BCUT2D eigenvalue weighted by atomic mass is 10.1. The highest BCUT2D eigenvalue weighted by molar-refractivity contribution is 6.16.